The molecule has 1 N–H and O–H groups in total. The van der Waals surface area contributed by atoms with Crippen molar-refractivity contribution in [3.05, 3.63) is 170 Å². The fourth-order valence-electron chi connectivity index (χ4n) is 6.97. The largest absolute Gasteiger partial charge is 0.506 e. The fourth-order valence-corrected chi connectivity index (χ4v) is 6.97. The monoisotopic (exact) mass is 1030 g/mol. The summed E-state index contributed by atoms with van der Waals surface area (Å²) in [7, 11) is 0. The van der Waals surface area contributed by atoms with Crippen LogP contribution in [0.2, 0.25) is 0 Å². The van der Waals surface area contributed by atoms with E-state index in [1.807, 2.05) is 97.1 Å². The smallest absolute Gasteiger partial charge is 0.143 e. The molecule has 0 spiro atoms. The molecule has 6 aromatic carbocycles. The predicted octanol–water partition coefficient (Wildman–Crippen LogP) is 17.5. The Morgan fingerprint density at radius 3 is 0.835 bits per heavy atom. The summed E-state index contributed by atoms with van der Waals surface area (Å²) < 4.78 is 0. The lowest BCUT2D eigenvalue weighted by Crippen LogP contribution is -2.00. The second-order valence-electron chi connectivity index (χ2n) is 25.9. The molecule has 0 bridgehead atoms. The van der Waals surface area contributed by atoms with E-state index in [1.165, 1.54) is 0 Å². The molecule has 392 valence electrons. The highest BCUT2D eigenvalue weighted by molar-refractivity contribution is 5.95. The summed E-state index contributed by atoms with van der Waals surface area (Å²) in [6, 6.07) is 33.1. The zero-order valence-corrected chi connectivity index (χ0v) is 49.7. The second-order valence-corrected chi connectivity index (χ2v) is 25.9. The minimum atomic E-state index is -0.221. The normalized spacial score (nSPS) is 11.3. The van der Waals surface area contributed by atoms with Crippen LogP contribution < -0.4 is 0 Å². The number of fused-ring (bicyclic) bond motifs is 1. The van der Waals surface area contributed by atoms with Crippen molar-refractivity contribution in [3.63, 3.8) is 0 Å². The van der Waals surface area contributed by atoms with Gasteiger partial charge < -0.3 is 5.11 Å². The lowest BCUT2D eigenvalue weighted by Gasteiger charge is -2.08. The molecule has 0 saturated heterocycles. The molecule has 0 aliphatic heterocycles. The number of hydrogen-bond donors (Lipinski definition) is 1. The Bertz CT molecular complexity index is 3700. The fraction of sp³-hybridized carbons (Fsp3) is 0.316. The first-order chi connectivity index (χ1) is 36.7. The van der Waals surface area contributed by atoms with Gasteiger partial charge in [0.25, 0.3) is 0 Å². The summed E-state index contributed by atoms with van der Waals surface area (Å²) in [5, 5.41) is 22.7. The summed E-state index contributed by atoms with van der Waals surface area (Å²) in [5.74, 6) is 61.3. The Hall–Kier alpha value is -8.98. The van der Waals surface area contributed by atoms with Gasteiger partial charge in [0, 0.05) is 93.5 Å². The molecule has 0 fully saturated rings. The SMILES string of the molecule is CC(C)(C)C#Cc1cc(C#Cc2cc(C#Cc3cc(C#CC(C)(C)C)cc(C#CC(C)(C)C)c3)c(N=Nc3c(O)ccc4ccccc34)c(C#Cc3cc(C#CC(C)(C)C)cc(C#CC(C)(C)C)c3)c2)cc(C#CC(C)(C)C)c1. The van der Waals surface area contributed by atoms with Crippen molar-refractivity contribution in [1.82, 2.24) is 0 Å². The van der Waals surface area contributed by atoms with Gasteiger partial charge in [-0.05, 0) is 203 Å². The van der Waals surface area contributed by atoms with E-state index in [9.17, 15) is 5.11 Å². The number of phenolic OH excluding ortho intramolecular Hbond substituents is 1. The van der Waals surface area contributed by atoms with Crippen molar-refractivity contribution in [2.45, 2.75) is 125 Å². The molecule has 0 saturated carbocycles. The van der Waals surface area contributed by atoms with Gasteiger partial charge in [-0.15, -0.1) is 10.2 Å². The van der Waals surface area contributed by atoms with E-state index >= 15 is 0 Å². The number of benzene rings is 6. The van der Waals surface area contributed by atoms with Crippen LogP contribution in [0.1, 0.15) is 191 Å². The Morgan fingerprint density at radius 1 is 0.278 bits per heavy atom. The van der Waals surface area contributed by atoms with Gasteiger partial charge in [-0.25, -0.2) is 0 Å². The first kappa shape index (κ1) is 59.3. The lowest BCUT2D eigenvalue weighted by molar-refractivity contribution is 0.477. The van der Waals surface area contributed by atoms with Crippen LogP contribution in [0.4, 0.5) is 11.4 Å². The minimum absolute atomic E-state index is 0.0136. The molecular weight excluding hydrogens is 957 g/mol. The van der Waals surface area contributed by atoms with E-state index < -0.39 is 0 Å². The third kappa shape index (κ3) is 20.5. The van der Waals surface area contributed by atoms with E-state index in [-0.39, 0.29) is 38.2 Å². The van der Waals surface area contributed by atoms with Crippen LogP contribution >= 0.6 is 0 Å². The second kappa shape index (κ2) is 24.1. The summed E-state index contributed by atoms with van der Waals surface area (Å²) in [4.78, 5) is 0. The van der Waals surface area contributed by atoms with Gasteiger partial charge in [0.15, 0.2) is 0 Å². The number of nitrogens with zero attached hydrogens (tertiary/aromatic N) is 2. The van der Waals surface area contributed by atoms with Crippen LogP contribution in [0.5, 0.6) is 5.75 Å². The molecule has 0 aromatic heterocycles. The highest BCUT2D eigenvalue weighted by Crippen LogP contribution is 2.37. The Balaban J connectivity index is 1.72. The maximum atomic E-state index is 11.3. The third-order valence-electron chi connectivity index (χ3n) is 10.6. The van der Waals surface area contributed by atoms with E-state index in [4.69, 9.17) is 10.2 Å². The standard InChI is InChI=1S/C76H72N2O/c1-71(2,3)37-31-58-43-54(44-59(49-58)32-38-72(4,5)6)23-24-57-52-65(27-25-55-45-60(33-39-73(7,8)9)50-61(46-55)34-40-74(10,11)12)69(77-78-70-67-22-20-19-21-64(67)29-30-68(70)79)66(53-57)28-26-56-47-62(35-41-75(13,14)15)51-63(48-56)36-42-76(16,17)18/h19-22,29-30,43-53,79H,1-18H3. The van der Waals surface area contributed by atoms with Crippen LogP contribution in [-0.2, 0) is 0 Å². The molecular formula is C76H72N2O. The molecule has 6 rings (SSSR count). The molecule has 79 heavy (non-hydrogen) atoms. The zero-order chi connectivity index (χ0) is 58.0. The van der Waals surface area contributed by atoms with Gasteiger partial charge in [-0.3, -0.25) is 0 Å². The first-order valence-corrected chi connectivity index (χ1v) is 26.7. The zero-order valence-electron chi connectivity index (χ0n) is 49.7. The molecule has 0 atom stereocenters. The molecule has 0 amide bonds. The lowest BCUT2D eigenvalue weighted by atomic mass is 9.95. The van der Waals surface area contributed by atoms with Crippen molar-refractivity contribution in [2.24, 2.45) is 42.7 Å². The summed E-state index contributed by atoms with van der Waals surface area (Å²) in [6.45, 7) is 37.6. The van der Waals surface area contributed by atoms with Gasteiger partial charge in [-0.1, -0.05) is 137 Å². The molecule has 6 aromatic rings. The van der Waals surface area contributed by atoms with Crippen molar-refractivity contribution >= 4 is 22.1 Å². The maximum Gasteiger partial charge on any atom is 0.143 e. The quantitative estimate of drug-likeness (QED) is 0.136. The van der Waals surface area contributed by atoms with Crippen LogP contribution in [0.15, 0.2) is 113 Å². The molecule has 0 aliphatic rings. The molecule has 0 heterocycles. The van der Waals surface area contributed by atoms with Crippen molar-refractivity contribution in [1.29, 1.82) is 0 Å². The Morgan fingerprint density at radius 2 is 0.532 bits per heavy atom. The summed E-state index contributed by atoms with van der Waals surface area (Å²) in [5.41, 5.74) is 8.13. The molecule has 3 nitrogen and oxygen atoms in total. The Labute approximate surface area is 474 Å². The van der Waals surface area contributed by atoms with E-state index in [2.05, 4.69) is 231 Å². The first-order valence-electron chi connectivity index (χ1n) is 26.7. The van der Waals surface area contributed by atoms with Gasteiger partial charge in [0.05, 0.1) is 11.1 Å². The third-order valence-corrected chi connectivity index (χ3v) is 10.6. The number of azo groups is 1. The topological polar surface area (TPSA) is 45.0 Å². The van der Waals surface area contributed by atoms with Crippen LogP contribution in [0, 0.1) is 139 Å². The van der Waals surface area contributed by atoms with Crippen molar-refractivity contribution in [2.75, 3.05) is 0 Å². The number of aromatic hydroxyl groups is 1. The minimum Gasteiger partial charge on any atom is -0.506 e. The molecule has 0 radical (unpaired) electrons. The van der Waals surface area contributed by atoms with E-state index in [1.54, 1.807) is 6.07 Å². The molecule has 0 aliphatic carbocycles. The van der Waals surface area contributed by atoms with Gasteiger partial charge in [-0.2, -0.15) is 0 Å². The van der Waals surface area contributed by atoms with Gasteiger partial charge >= 0.3 is 0 Å². The summed E-state index contributed by atoms with van der Waals surface area (Å²) in [6.07, 6.45) is 0. The highest BCUT2D eigenvalue weighted by Gasteiger charge is 2.14. The number of rotatable bonds is 2. The number of phenols is 1. The van der Waals surface area contributed by atoms with Crippen molar-refractivity contribution in [3.8, 4) is 112 Å². The van der Waals surface area contributed by atoms with Gasteiger partial charge in [0.2, 0.25) is 0 Å². The molecule has 0 unspecified atom stereocenters. The summed E-state index contributed by atoms with van der Waals surface area (Å²) >= 11 is 0. The van der Waals surface area contributed by atoms with E-state index in [0.717, 1.165) is 49.7 Å². The van der Waals surface area contributed by atoms with Crippen LogP contribution in [-0.4, -0.2) is 5.11 Å². The van der Waals surface area contributed by atoms with Crippen molar-refractivity contribution < 1.29 is 5.11 Å². The molecule has 3 heteroatoms. The highest BCUT2D eigenvalue weighted by atomic mass is 16.3. The Kier molecular flexibility index (Phi) is 18.1. The van der Waals surface area contributed by atoms with Crippen LogP contribution in [0.3, 0.4) is 0 Å². The van der Waals surface area contributed by atoms with Crippen LogP contribution in [0.25, 0.3) is 10.8 Å². The van der Waals surface area contributed by atoms with E-state index in [0.29, 0.717) is 39.2 Å². The van der Waals surface area contributed by atoms with Gasteiger partial charge in [0.1, 0.15) is 17.1 Å². The average molecular weight is 1030 g/mol. The number of hydrogen-bond acceptors (Lipinski definition) is 3. The maximum absolute atomic E-state index is 11.3. The average Bonchev–Trinajstić information content (AvgIpc) is 3.34. The predicted molar refractivity (Wildman–Crippen MR) is 331 cm³/mol.